The lowest BCUT2D eigenvalue weighted by molar-refractivity contribution is -0.149. The number of hydrogen-bond donors (Lipinski definition) is 1. The standard InChI is InChI=1S/C44H59N5O5/c1-43(2,3)54-42(53)45-44(25-14-26-44)24-13-19-39(50)47(6)37(31-33-20-21-34-17-11-12-18-35(34)29-33)40(51)48(7)38(30-32-15-9-8-10-16-32)41(52)49-27-22-36(23-28-49)46(4)5/h8-13,15-21,29,36-38H,14,22-28,30-31H2,1-7H3,(H,45,53)/b19-13+/t37-,38-/m1/s1. The van der Waals surface area contributed by atoms with Crippen LogP contribution in [0, 0.1) is 0 Å². The largest absolute Gasteiger partial charge is 0.444 e. The molecule has 0 aromatic heterocycles. The van der Waals surface area contributed by atoms with Gasteiger partial charge >= 0.3 is 6.09 Å². The molecule has 1 saturated heterocycles. The molecule has 2 atom stereocenters. The molecule has 2 aliphatic rings. The minimum atomic E-state index is -0.878. The number of benzene rings is 3. The summed E-state index contributed by atoms with van der Waals surface area (Å²) in [6.07, 6.45) is 8.22. The second-order valence-corrected chi connectivity index (χ2v) is 16.4. The van der Waals surface area contributed by atoms with Gasteiger partial charge in [-0.2, -0.15) is 0 Å². The first-order valence-corrected chi connectivity index (χ1v) is 19.3. The fraction of sp³-hybridized carbons (Fsp3) is 0.500. The van der Waals surface area contributed by atoms with Gasteiger partial charge in [0.1, 0.15) is 17.7 Å². The van der Waals surface area contributed by atoms with E-state index in [0.29, 0.717) is 32.0 Å². The predicted molar refractivity (Wildman–Crippen MR) is 214 cm³/mol. The summed E-state index contributed by atoms with van der Waals surface area (Å²) in [4.78, 5) is 62.9. The zero-order valence-corrected chi connectivity index (χ0v) is 33.2. The van der Waals surface area contributed by atoms with Gasteiger partial charge < -0.3 is 29.7 Å². The highest BCUT2D eigenvalue weighted by molar-refractivity contribution is 5.95. The second kappa shape index (κ2) is 17.6. The van der Waals surface area contributed by atoms with Crippen LogP contribution in [0.3, 0.4) is 0 Å². The Balaban J connectivity index is 1.39. The molecule has 5 rings (SSSR count). The third-order valence-electron chi connectivity index (χ3n) is 11.1. The van der Waals surface area contributed by atoms with E-state index in [1.54, 1.807) is 25.1 Å². The fourth-order valence-corrected chi connectivity index (χ4v) is 7.57. The van der Waals surface area contributed by atoms with Crippen molar-refractivity contribution in [2.75, 3.05) is 41.3 Å². The van der Waals surface area contributed by atoms with Crippen molar-refractivity contribution >= 4 is 34.6 Å². The average molecular weight is 738 g/mol. The van der Waals surface area contributed by atoms with Crippen molar-refractivity contribution in [1.82, 2.24) is 24.9 Å². The zero-order chi connectivity index (χ0) is 39.0. The Labute approximate surface area is 321 Å². The highest BCUT2D eigenvalue weighted by atomic mass is 16.6. The summed E-state index contributed by atoms with van der Waals surface area (Å²) in [5, 5.41) is 5.17. The molecule has 1 aliphatic carbocycles. The molecule has 4 amide bonds. The van der Waals surface area contributed by atoms with Crippen molar-refractivity contribution in [3.05, 3.63) is 96.1 Å². The smallest absolute Gasteiger partial charge is 0.408 e. The molecule has 290 valence electrons. The summed E-state index contributed by atoms with van der Waals surface area (Å²) in [5.74, 6) is -0.702. The summed E-state index contributed by atoms with van der Waals surface area (Å²) in [6.45, 7) is 6.74. The van der Waals surface area contributed by atoms with Crippen molar-refractivity contribution in [1.29, 1.82) is 0 Å². The summed E-state index contributed by atoms with van der Waals surface area (Å²) in [5.41, 5.74) is 0.791. The van der Waals surface area contributed by atoms with E-state index in [-0.39, 0.29) is 24.1 Å². The third-order valence-corrected chi connectivity index (χ3v) is 11.1. The number of piperidine rings is 1. The summed E-state index contributed by atoms with van der Waals surface area (Å²) >= 11 is 0. The second-order valence-electron chi connectivity index (χ2n) is 16.4. The normalized spacial score (nSPS) is 17.1. The van der Waals surface area contributed by atoms with Crippen LogP contribution in [0.4, 0.5) is 4.79 Å². The van der Waals surface area contributed by atoms with Crippen molar-refractivity contribution < 1.29 is 23.9 Å². The minimum Gasteiger partial charge on any atom is -0.444 e. The third kappa shape index (κ3) is 10.5. The van der Waals surface area contributed by atoms with Gasteiger partial charge in [0.25, 0.3) is 0 Å². The van der Waals surface area contributed by atoms with Crippen LogP contribution in [0.25, 0.3) is 10.8 Å². The van der Waals surface area contributed by atoms with Crippen LogP contribution in [0.1, 0.15) is 70.4 Å². The Morgan fingerprint density at radius 3 is 2.07 bits per heavy atom. The topological polar surface area (TPSA) is 103 Å². The highest BCUT2D eigenvalue weighted by Crippen LogP contribution is 2.35. The number of hydrogen-bond acceptors (Lipinski definition) is 6. The van der Waals surface area contributed by atoms with E-state index in [2.05, 4.69) is 30.4 Å². The van der Waals surface area contributed by atoms with Crippen LogP contribution >= 0.6 is 0 Å². The maximum atomic E-state index is 14.8. The number of fused-ring (bicyclic) bond motifs is 1. The number of ether oxygens (including phenoxy) is 1. The summed E-state index contributed by atoms with van der Waals surface area (Å²) in [6, 6.07) is 22.7. The number of amides is 4. The first kappa shape index (κ1) is 40.5. The van der Waals surface area contributed by atoms with Gasteiger partial charge in [-0.05, 0) is 101 Å². The molecule has 0 spiro atoms. The predicted octanol–water partition coefficient (Wildman–Crippen LogP) is 6.23. The van der Waals surface area contributed by atoms with E-state index in [9.17, 15) is 19.2 Å². The molecule has 3 aromatic rings. The maximum Gasteiger partial charge on any atom is 0.408 e. The number of likely N-dealkylation sites (N-methyl/N-ethyl adjacent to an activating group) is 2. The lowest BCUT2D eigenvalue weighted by Crippen LogP contribution is -2.57. The van der Waals surface area contributed by atoms with Gasteiger partial charge in [0.05, 0.1) is 0 Å². The van der Waals surface area contributed by atoms with Gasteiger partial charge in [0.2, 0.25) is 17.7 Å². The molecule has 54 heavy (non-hydrogen) atoms. The Morgan fingerprint density at radius 1 is 0.833 bits per heavy atom. The van der Waals surface area contributed by atoms with Crippen LogP contribution in [0.5, 0.6) is 0 Å². The number of alkyl carbamates (subject to hydrolysis) is 1. The SMILES string of the molecule is CN(C)C1CCN(C(=O)[C@@H](Cc2ccccc2)N(C)C(=O)[C@@H](Cc2ccc3ccccc3c2)N(C)C(=O)/C=C/CC2(NC(=O)OC(C)(C)C)CCC2)CC1. The first-order valence-electron chi connectivity index (χ1n) is 19.3. The van der Waals surface area contributed by atoms with E-state index in [0.717, 1.165) is 54.0 Å². The van der Waals surface area contributed by atoms with Gasteiger partial charge in [-0.25, -0.2) is 4.79 Å². The van der Waals surface area contributed by atoms with Gasteiger partial charge in [-0.15, -0.1) is 0 Å². The molecule has 1 N–H and O–H groups in total. The Hall–Kier alpha value is -4.70. The van der Waals surface area contributed by atoms with E-state index >= 15 is 0 Å². The molecule has 10 nitrogen and oxygen atoms in total. The van der Waals surface area contributed by atoms with Gasteiger partial charge in [0, 0.05) is 51.6 Å². The molecule has 3 aromatic carbocycles. The molecule has 1 saturated carbocycles. The summed E-state index contributed by atoms with van der Waals surface area (Å²) in [7, 11) is 7.50. The van der Waals surface area contributed by atoms with Crippen LogP contribution in [0.15, 0.2) is 84.9 Å². The van der Waals surface area contributed by atoms with Crippen molar-refractivity contribution in [2.24, 2.45) is 0 Å². The fourth-order valence-electron chi connectivity index (χ4n) is 7.57. The van der Waals surface area contributed by atoms with Gasteiger partial charge in [0.15, 0.2) is 0 Å². The van der Waals surface area contributed by atoms with E-state index in [4.69, 9.17) is 4.74 Å². The highest BCUT2D eigenvalue weighted by Gasteiger charge is 2.40. The average Bonchev–Trinajstić information content (AvgIpc) is 3.13. The molecule has 0 radical (unpaired) electrons. The lowest BCUT2D eigenvalue weighted by Gasteiger charge is -2.42. The molecular weight excluding hydrogens is 679 g/mol. The molecule has 1 aliphatic heterocycles. The number of carbonyl (C=O) groups excluding carboxylic acids is 4. The van der Waals surface area contributed by atoms with E-state index in [1.165, 1.54) is 11.0 Å². The van der Waals surface area contributed by atoms with Gasteiger partial charge in [-0.3, -0.25) is 14.4 Å². The quantitative estimate of drug-likeness (QED) is 0.209. The number of nitrogens with zero attached hydrogens (tertiary/aromatic N) is 4. The monoisotopic (exact) mass is 737 g/mol. The minimum absolute atomic E-state index is 0.0754. The first-order chi connectivity index (χ1) is 25.6. The van der Waals surface area contributed by atoms with E-state index in [1.807, 2.05) is 92.4 Å². The number of rotatable bonds is 13. The maximum absolute atomic E-state index is 14.8. The number of carbonyl (C=O) groups is 4. The molecule has 0 bridgehead atoms. The van der Waals surface area contributed by atoms with Crippen molar-refractivity contribution in [2.45, 2.75) is 101 Å². The van der Waals surface area contributed by atoms with Crippen LogP contribution in [0.2, 0.25) is 0 Å². The number of likely N-dealkylation sites (tertiary alicyclic amines) is 1. The molecular formula is C44H59N5O5. The van der Waals surface area contributed by atoms with Gasteiger partial charge in [-0.1, -0.05) is 78.9 Å². The molecule has 10 heteroatoms. The van der Waals surface area contributed by atoms with E-state index < -0.39 is 29.3 Å². The number of nitrogens with one attached hydrogen (secondary N) is 1. The lowest BCUT2D eigenvalue weighted by atomic mass is 9.74. The Morgan fingerprint density at radius 2 is 1.46 bits per heavy atom. The van der Waals surface area contributed by atoms with Crippen LogP contribution in [-0.4, -0.2) is 114 Å². The molecule has 2 fully saturated rings. The summed E-state index contributed by atoms with van der Waals surface area (Å²) < 4.78 is 5.50. The zero-order valence-electron chi connectivity index (χ0n) is 33.2. The Bertz CT molecular complexity index is 1790. The van der Waals surface area contributed by atoms with Crippen molar-refractivity contribution in [3.63, 3.8) is 0 Å². The van der Waals surface area contributed by atoms with Crippen LogP contribution in [-0.2, 0) is 32.0 Å². The van der Waals surface area contributed by atoms with Crippen LogP contribution < -0.4 is 5.32 Å². The Kier molecular flexibility index (Phi) is 13.2. The molecule has 1 heterocycles. The molecule has 0 unspecified atom stereocenters. The van der Waals surface area contributed by atoms with Crippen molar-refractivity contribution in [3.8, 4) is 0 Å².